The SMILES string of the molecule is C[C@@H](NC1CCC[C@H](c2ccc(N3CCOC3=O)cc2)C1)c1cccc2ccccc12. The Hall–Kier alpha value is -2.85. The lowest BCUT2D eigenvalue weighted by Crippen LogP contribution is -2.35. The van der Waals surface area contributed by atoms with Crippen LogP contribution >= 0.6 is 0 Å². The number of carbonyl (C=O) groups excluding carboxylic acids is 1. The van der Waals surface area contributed by atoms with Gasteiger partial charge < -0.3 is 10.1 Å². The summed E-state index contributed by atoms with van der Waals surface area (Å²) < 4.78 is 5.06. The quantitative estimate of drug-likeness (QED) is 0.542. The van der Waals surface area contributed by atoms with Crippen molar-refractivity contribution < 1.29 is 9.53 Å². The zero-order chi connectivity index (χ0) is 21.2. The molecule has 0 aromatic heterocycles. The predicted molar refractivity (Wildman–Crippen MR) is 126 cm³/mol. The van der Waals surface area contributed by atoms with E-state index in [1.165, 1.54) is 41.2 Å². The molecule has 31 heavy (non-hydrogen) atoms. The Kier molecular flexibility index (Phi) is 5.65. The van der Waals surface area contributed by atoms with E-state index >= 15 is 0 Å². The summed E-state index contributed by atoms with van der Waals surface area (Å²) in [5.74, 6) is 0.561. The second-order valence-electron chi connectivity index (χ2n) is 8.87. The molecule has 1 saturated heterocycles. The number of hydrogen-bond donors (Lipinski definition) is 1. The molecule has 1 N–H and O–H groups in total. The fourth-order valence-corrected chi connectivity index (χ4v) is 5.27. The minimum atomic E-state index is -0.239. The summed E-state index contributed by atoms with van der Waals surface area (Å²) in [6, 6.07) is 24.6. The first-order chi connectivity index (χ1) is 15.2. The van der Waals surface area contributed by atoms with Crippen LogP contribution in [0.3, 0.4) is 0 Å². The van der Waals surface area contributed by atoms with Crippen LogP contribution in [-0.4, -0.2) is 25.3 Å². The third-order valence-corrected chi connectivity index (χ3v) is 6.89. The first-order valence-corrected chi connectivity index (χ1v) is 11.5. The van der Waals surface area contributed by atoms with Crippen LogP contribution in [0, 0.1) is 0 Å². The average molecular weight is 415 g/mol. The highest BCUT2D eigenvalue weighted by Gasteiger charge is 2.26. The molecule has 0 bridgehead atoms. The van der Waals surface area contributed by atoms with Gasteiger partial charge in [0.15, 0.2) is 0 Å². The van der Waals surface area contributed by atoms with Crippen LogP contribution in [-0.2, 0) is 4.74 Å². The molecule has 160 valence electrons. The molecule has 4 heteroatoms. The number of nitrogens with zero attached hydrogens (tertiary/aromatic N) is 1. The number of nitrogens with one attached hydrogen (secondary N) is 1. The normalized spacial score (nSPS) is 22.5. The lowest BCUT2D eigenvalue weighted by molar-refractivity contribution is 0.181. The second-order valence-corrected chi connectivity index (χ2v) is 8.87. The van der Waals surface area contributed by atoms with Gasteiger partial charge in [-0.05, 0) is 66.1 Å². The van der Waals surface area contributed by atoms with Gasteiger partial charge in [-0.25, -0.2) is 4.79 Å². The topological polar surface area (TPSA) is 41.6 Å². The Bertz CT molecular complexity index is 1060. The van der Waals surface area contributed by atoms with Crippen LogP contribution in [0.2, 0.25) is 0 Å². The zero-order valence-electron chi connectivity index (χ0n) is 18.1. The van der Waals surface area contributed by atoms with Gasteiger partial charge in [-0.1, -0.05) is 61.0 Å². The third-order valence-electron chi connectivity index (χ3n) is 6.89. The van der Waals surface area contributed by atoms with Gasteiger partial charge in [-0.15, -0.1) is 0 Å². The number of carbonyl (C=O) groups is 1. The Labute approximate surface area is 184 Å². The number of fused-ring (bicyclic) bond motifs is 1. The van der Waals surface area contributed by atoms with Gasteiger partial charge in [0.05, 0.1) is 6.54 Å². The molecule has 1 unspecified atom stereocenters. The van der Waals surface area contributed by atoms with Crippen LogP contribution in [0.4, 0.5) is 10.5 Å². The van der Waals surface area contributed by atoms with Gasteiger partial charge in [-0.3, -0.25) is 4.90 Å². The molecular weight excluding hydrogens is 384 g/mol. The summed E-state index contributed by atoms with van der Waals surface area (Å²) in [7, 11) is 0. The smallest absolute Gasteiger partial charge is 0.414 e. The van der Waals surface area contributed by atoms with Crippen LogP contribution in [0.1, 0.15) is 55.7 Å². The molecule has 1 aliphatic heterocycles. The van der Waals surface area contributed by atoms with E-state index in [-0.39, 0.29) is 6.09 Å². The number of ether oxygens (including phenoxy) is 1. The highest BCUT2D eigenvalue weighted by Crippen LogP contribution is 2.35. The number of rotatable bonds is 5. The van der Waals surface area contributed by atoms with Crippen molar-refractivity contribution >= 4 is 22.6 Å². The number of hydrogen-bond acceptors (Lipinski definition) is 3. The minimum absolute atomic E-state index is 0.239. The number of anilines is 1. The first kappa shape index (κ1) is 20.1. The molecule has 1 amide bonds. The van der Waals surface area contributed by atoms with Gasteiger partial charge in [0.25, 0.3) is 0 Å². The monoisotopic (exact) mass is 414 g/mol. The van der Waals surface area contributed by atoms with Crippen LogP contribution in [0.5, 0.6) is 0 Å². The molecule has 0 radical (unpaired) electrons. The van der Waals surface area contributed by atoms with E-state index in [1.807, 2.05) is 0 Å². The third kappa shape index (κ3) is 4.17. The Morgan fingerprint density at radius 1 is 1.00 bits per heavy atom. The molecule has 2 fully saturated rings. The van der Waals surface area contributed by atoms with Gasteiger partial charge in [0.2, 0.25) is 0 Å². The first-order valence-electron chi connectivity index (χ1n) is 11.5. The summed E-state index contributed by atoms with van der Waals surface area (Å²) in [5.41, 5.74) is 3.68. The van der Waals surface area contributed by atoms with E-state index in [9.17, 15) is 4.79 Å². The fourth-order valence-electron chi connectivity index (χ4n) is 5.27. The number of cyclic esters (lactones) is 1. The standard InChI is InChI=1S/C27H30N2O2/c1-19(25-11-5-7-21-6-2-3-10-26(21)25)28-23-9-4-8-22(18-23)20-12-14-24(15-13-20)29-16-17-31-27(29)30/h2-3,5-7,10-15,19,22-23,28H,4,8-9,16-18H2,1H3/t19-,22+,23?/m1/s1. The molecule has 3 atom stereocenters. The minimum Gasteiger partial charge on any atom is -0.447 e. The Morgan fingerprint density at radius 3 is 2.61 bits per heavy atom. The fraction of sp³-hybridized carbons (Fsp3) is 0.370. The van der Waals surface area contributed by atoms with Crippen molar-refractivity contribution in [2.24, 2.45) is 0 Å². The van der Waals surface area contributed by atoms with Crippen molar-refractivity contribution in [3.05, 3.63) is 77.9 Å². The number of amides is 1. The van der Waals surface area contributed by atoms with Crippen molar-refractivity contribution in [1.29, 1.82) is 0 Å². The summed E-state index contributed by atoms with van der Waals surface area (Å²) in [6.07, 6.45) is 4.61. The summed E-state index contributed by atoms with van der Waals surface area (Å²) in [6.45, 7) is 3.40. The van der Waals surface area contributed by atoms with E-state index in [1.54, 1.807) is 4.90 Å². The van der Waals surface area contributed by atoms with Gasteiger partial charge >= 0.3 is 6.09 Å². The average Bonchev–Trinajstić information content (AvgIpc) is 3.25. The van der Waals surface area contributed by atoms with E-state index in [2.05, 4.69) is 79.0 Å². The van der Waals surface area contributed by atoms with Gasteiger partial charge in [0.1, 0.15) is 6.61 Å². The maximum atomic E-state index is 11.8. The van der Waals surface area contributed by atoms with E-state index < -0.39 is 0 Å². The maximum absolute atomic E-state index is 11.8. The number of benzene rings is 3. The van der Waals surface area contributed by atoms with Crippen LogP contribution in [0.25, 0.3) is 10.8 Å². The molecule has 3 aromatic carbocycles. The largest absolute Gasteiger partial charge is 0.447 e. The Balaban J connectivity index is 1.26. The predicted octanol–water partition coefficient (Wildman–Crippen LogP) is 6.17. The molecule has 5 rings (SSSR count). The van der Waals surface area contributed by atoms with Crippen molar-refractivity contribution in [2.75, 3.05) is 18.1 Å². The molecule has 1 heterocycles. The van der Waals surface area contributed by atoms with Crippen molar-refractivity contribution in [1.82, 2.24) is 5.32 Å². The summed E-state index contributed by atoms with van der Waals surface area (Å²) in [4.78, 5) is 13.5. The van der Waals surface area contributed by atoms with Gasteiger partial charge in [-0.2, -0.15) is 0 Å². The molecule has 0 spiro atoms. The molecule has 1 saturated carbocycles. The lowest BCUT2D eigenvalue weighted by Gasteiger charge is -2.33. The van der Waals surface area contributed by atoms with Crippen LogP contribution in [0.15, 0.2) is 66.7 Å². The molecule has 2 aliphatic rings. The van der Waals surface area contributed by atoms with Crippen molar-refractivity contribution in [3.63, 3.8) is 0 Å². The summed E-state index contributed by atoms with van der Waals surface area (Å²) in [5, 5.41) is 6.56. The highest BCUT2D eigenvalue weighted by atomic mass is 16.6. The van der Waals surface area contributed by atoms with Gasteiger partial charge in [0, 0.05) is 17.8 Å². The molecule has 3 aromatic rings. The molecule has 4 nitrogen and oxygen atoms in total. The van der Waals surface area contributed by atoms with Crippen LogP contribution < -0.4 is 10.2 Å². The van der Waals surface area contributed by atoms with E-state index in [4.69, 9.17) is 4.74 Å². The zero-order valence-corrected chi connectivity index (χ0v) is 18.1. The molecule has 1 aliphatic carbocycles. The van der Waals surface area contributed by atoms with Crippen molar-refractivity contribution in [2.45, 2.75) is 50.6 Å². The highest BCUT2D eigenvalue weighted by molar-refractivity contribution is 5.89. The maximum Gasteiger partial charge on any atom is 0.414 e. The lowest BCUT2D eigenvalue weighted by atomic mass is 9.81. The summed E-state index contributed by atoms with van der Waals surface area (Å²) >= 11 is 0. The van der Waals surface area contributed by atoms with E-state index in [0.29, 0.717) is 31.2 Å². The van der Waals surface area contributed by atoms with E-state index in [0.717, 1.165) is 12.1 Å². The molecular formula is C27H30N2O2. The van der Waals surface area contributed by atoms with Crippen molar-refractivity contribution in [3.8, 4) is 0 Å². The Morgan fingerprint density at radius 2 is 1.81 bits per heavy atom. The second kappa shape index (κ2) is 8.72.